The molecule has 9 heteroatoms. The highest BCUT2D eigenvalue weighted by molar-refractivity contribution is 6.09. The molecule has 0 aromatic heterocycles. The van der Waals surface area contributed by atoms with Gasteiger partial charge in [0.15, 0.2) is 11.9 Å². The molecule has 1 aliphatic heterocycles. The fraction of sp³-hybridized carbons (Fsp3) is 0.400. The van der Waals surface area contributed by atoms with E-state index >= 15 is 0 Å². The second-order valence-corrected chi connectivity index (χ2v) is 10.4. The molecule has 0 N–H and O–H groups in total. The zero-order chi connectivity index (χ0) is 31.3. The number of hydrogen-bond donors (Lipinski definition) is 0. The Balaban J connectivity index is 1.16. The van der Waals surface area contributed by atoms with Crippen LogP contribution in [0.4, 0.5) is 0 Å². The van der Waals surface area contributed by atoms with Crippen molar-refractivity contribution in [2.45, 2.75) is 51.7 Å². The van der Waals surface area contributed by atoms with Crippen LogP contribution in [0.15, 0.2) is 78.9 Å². The maximum atomic E-state index is 12.8. The maximum Gasteiger partial charge on any atom is 0.338 e. The van der Waals surface area contributed by atoms with Gasteiger partial charge in [-0.05, 0) is 81.5 Å². The topological polar surface area (TPSA) is 101 Å². The lowest BCUT2D eigenvalue weighted by atomic mass is 9.89. The van der Waals surface area contributed by atoms with Gasteiger partial charge in [0.25, 0.3) is 0 Å². The van der Waals surface area contributed by atoms with Crippen LogP contribution >= 0.6 is 0 Å². The molecule has 0 bridgehead atoms. The van der Waals surface area contributed by atoms with E-state index in [0.29, 0.717) is 24.3 Å². The monoisotopic (exact) mass is 603 g/mol. The van der Waals surface area contributed by atoms with Crippen LogP contribution in [0.2, 0.25) is 0 Å². The summed E-state index contributed by atoms with van der Waals surface area (Å²) in [5.74, 6) is -0.462. The molecule has 1 fully saturated rings. The van der Waals surface area contributed by atoms with E-state index in [1.165, 1.54) is 5.06 Å². The Labute approximate surface area is 259 Å². The van der Waals surface area contributed by atoms with Gasteiger partial charge in [-0.3, -0.25) is 14.4 Å². The van der Waals surface area contributed by atoms with Gasteiger partial charge in [-0.2, -0.15) is 5.06 Å². The lowest BCUT2D eigenvalue weighted by Gasteiger charge is -2.22. The lowest BCUT2D eigenvalue weighted by molar-refractivity contribution is -0.184. The van der Waals surface area contributed by atoms with E-state index in [-0.39, 0.29) is 19.0 Å². The number of hydrogen-bond acceptors (Lipinski definition) is 9. The second kappa shape index (κ2) is 16.6. The van der Waals surface area contributed by atoms with Gasteiger partial charge in [0.2, 0.25) is 0 Å². The Bertz CT molecular complexity index is 1340. The van der Waals surface area contributed by atoms with Gasteiger partial charge in [-0.1, -0.05) is 42.5 Å². The van der Waals surface area contributed by atoms with E-state index in [0.717, 1.165) is 42.7 Å². The van der Waals surface area contributed by atoms with Crippen LogP contribution in [0.3, 0.4) is 0 Å². The number of rotatable bonds is 16. The number of benzene rings is 3. The summed E-state index contributed by atoms with van der Waals surface area (Å²) in [6, 6.07) is 23.5. The Morgan fingerprint density at radius 1 is 0.682 bits per heavy atom. The number of ketones is 1. The molecule has 4 rings (SSSR count). The van der Waals surface area contributed by atoms with Crippen molar-refractivity contribution in [1.29, 1.82) is 0 Å². The third kappa shape index (κ3) is 8.67. The first kappa shape index (κ1) is 32.7. The van der Waals surface area contributed by atoms with Crippen LogP contribution in [0.25, 0.3) is 0 Å². The van der Waals surface area contributed by atoms with Crippen molar-refractivity contribution >= 4 is 17.7 Å². The molecule has 3 aromatic carbocycles. The molecule has 0 amide bonds. The van der Waals surface area contributed by atoms with Crippen molar-refractivity contribution in [2.75, 3.05) is 33.5 Å². The van der Waals surface area contributed by atoms with Gasteiger partial charge in [0.05, 0.1) is 32.5 Å². The lowest BCUT2D eigenvalue weighted by Crippen LogP contribution is -2.36. The molecule has 1 heterocycles. The smallest absolute Gasteiger partial charge is 0.338 e. The molecule has 234 valence electrons. The highest BCUT2D eigenvalue weighted by Gasteiger charge is 2.51. The van der Waals surface area contributed by atoms with E-state index < -0.39 is 30.0 Å². The van der Waals surface area contributed by atoms with Gasteiger partial charge in [-0.25, -0.2) is 4.79 Å². The first-order chi connectivity index (χ1) is 21.4. The summed E-state index contributed by atoms with van der Waals surface area (Å²) < 4.78 is 22.2. The van der Waals surface area contributed by atoms with E-state index in [4.69, 9.17) is 23.8 Å². The summed E-state index contributed by atoms with van der Waals surface area (Å²) in [4.78, 5) is 43.6. The fourth-order valence-corrected chi connectivity index (χ4v) is 5.18. The highest BCUT2D eigenvalue weighted by Crippen LogP contribution is 2.40. The van der Waals surface area contributed by atoms with E-state index in [1.54, 1.807) is 33.0 Å². The molecule has 3 aromatic rings. The molecule has 3 atom stereocenters. The molecule has 44 heavy (non-hydrogen) atoms. The number of hydroxylamine groups is 2. The molecule has 1 aliphatic rings. The summed E-state index contributed by atoms with van der Waals surface area (Å²) in [6.07, 6.45) is 2.78. The molecule has 0 spiro atoms. The minimum absolute atomic E-state index is 0.00172. The molecule has 0 saturated carbocycles. The third-order valence-corrected chi connectivity index (χ3v) is 7.37. The van der Waals surface area contributed by atoms with E-state index in [2.05, 4.69) is 0 Å². The Hall–Kier alpha value is -4.21. The minimum atomic E-state index is -1.07. The number of esters is 2. The SMILES string of the molecule is CCOC(=O)[C@@H]1[C@@H](C(=O)OCC)ON(C)[C@H]1c1ccc(OCCCCCCOc2ccc(C(=O)c3ccccc3)cc2)cc1. The second-order valence-electron chi connectivity index (χ2n) is 10.4. The average molecular weight is 604 g/mol. The molecule has 0 unspecified atom stereocenters. The van der Waals surface area contributed by atoms with Crippen LogP contribution in [0.1, 0.15) is 67.1 Å². The van der Waals surface area contributed by atoms with Crippen molar-refractivity contribution in [3.63, 3.8) is 0 Å². The summed E-state index contributed by atoms with van der Waals surface area (Å²) in [6.45, 7) is 5.02. The quantitative estimate of drug-likeness (QED) is 0.111. The predicted molar refractivity (Wildman–Crippen MR) is 164 cm³/mol. The number of unbranched alkanes of at least 4 members (excludes halogenated alkanes) is 3. The Kier molecular flexibility index (Phi) is 12.3. The first-order valence-electron chi connectivity index (χ1n) is 15.2. The molecule has 0 radical (unpaired) electrons. The van der Waals surface area contributed by atoms with E-state index in [1.807, 2.05) is 66.7 Å². The van der Waals surface area contributed by atoms with Crippen LogP contribution in [0.5, 0.6) is 11.5 Å². The zero-order valence-electron chi connectivity index (χ0n) is 25.6. The predicted octanol–water partition coefficient (Wildman–Crippen LogP) is 5.96. The number of carbonyl (C=O) groups is 3. The maximum absolute atomic E-state index is 12.8. The van der Waals surface area contributed by atoms with Crippen molar-refractivity contribution < 1.29 is 38.2 Å². The summed E-state index contributed by atoms with van der Waals surface area (Å²) in [5.41, 5.74) is 2.12. The number of nitrogens with zero attached hydrogens (tertiary/aromatic N) is 1. The number of ether oxygens (including phenoxy) is 4. The van der Waals surface area contributed by atoms with Crippen LogP contribution in [-0.2, 0) is 23.9 Å². The third-order valence-electron chi connectivity index (χ3n) is 7.37. The molecule has 1 saturated heterocycles. The van der Waals surface area contributed by atoms with Gasteiger partial charge < -0.3 is 18.9 Å². The van der Waals surface area contributed by atoms with Crippen molar-refractivity contribution in [1.82, 2.24) is 5.06 Å². The first-order valence-corrected chi connectivity index (χ1v) is 15.2. The molecular formula is C35H41NO8. The standard InChI is InChI=1S/C35H41NO8/c1-4-40-34(38)30-31(36(3)44-33(30)35(39)41-5-2)25-15-19-28(20-16-25)42-23-11-6-7-12-24-43-29-21-17-27(18-22-29)32(37)26-13-9-8-10-14-26/h8-10,13-22,30-31,33H,4-7,11-12,23-24H2,1-3H3/t30-,31-,33-/m0/s1. The Morgan fingerprint density at radius 2 is 1.20 bits per heavy atom. The van der Waals surface area contributed by atoms with Gasteiger partial charge >= 0.3 is 11.9 Å². The van der Waals surface area contributed by atoms with Gasteiger partial charge in [-0.15, -0.1) is 0 Å². The Morgan fingerprint density at radius 3 is 1.77 bits per heavy atom. The van der Waals surface area contributed by atoms with Crippen LogP contribution < -0.4 is 9.47 Å². The van der Waals surface area contributed by atoms with Crippen molar-refractivity contribution in [3.8, 4) is 11.5 Å². The largest absolute Gasteiger partial charge is 0.494 e. The summed E-state index contributed by atoms with van der Waals surface area (Å²) in [5, 5.41) is 1.52. The van der Waals surface area contributed by atoms with Crippen molar-refractivity contribution in [2.24, 2.45) is 5.92 Å². The van der Waals surface area contributed by atoms with Crippen molar-refractivity contribution in [3.05, 3.63) is 95.6 Å². The minimum Gasteiger partial charge on any atom is -0.494 e. The molecular weight excluding hydrogens is 562 g/mol. The van der Waals surface area contributed by atoms with Crippen LogP contribution in [0, 0.1) is 5.92 Å². The molecule has 9 nitrogen and oxygen atoms in total. The fourth-order valence-electron chi connectivity index (χ4n) is 5.18. The van der Waals surface area contributed by atoms with Gasteiger partial charge in [0.1, 0.15) is 17.4 Å². The summed E-state index contributed by atoms with van der Waals surface area (Å²) in [7, 11) is 1.69. The number of carbonyl (C=O) groups excluding carboxylic acids is 3. The molecule has 0 aliphatic carbocycles. The van der Waals surface area contributed by atoms with Crippen LogP contribution in [-0.4, -0.2) is 62.4 Å². The zero-order valence-corrected chi connectivity index (χ0v) is 25.6. The van der Waals surface area contributed by atoms with E-state index in [9.17, 15) is 14.4 Å². The average Bonchev–Trinajstić information content (AvgIpc) is 3.40. The summed E-state index contributed by atoms with van der Waals surface area (Å²) >= 11 is 0. The highest BCUT2D eigenvalue weighted by atomic mass is 16.7. The van der Waals surface area contributed by atoms with Gasteiger partial charge in [0, 0.05) is 18.2 Å². The normalized spacial score (nSPS) is 18.0.